The van der Waals surface area contributed by atoms with Crippen molar-refractivity contribution in [2.75, 3.05) is 19.6 Å². The van der Waals surface area contributed by atoms with Crippen LogP contribution in [0.3, 0.4) is 0 Å². The molecule has 2 fully saturated rings. The Balaban J connectivity index is 1.77. The van der Waals surface area contributed by atoms with Gasteiger partial charge in [0.15, 0.2) is 11.6 Å². The molecule has 0 bridgehead atoms. The van der Waals surface area contributed by atoms with Crippen molar-refractivity contribution in [3.05, 3.63) is 35.4 Å². The van der Waals surface area contributed by atoms with Crippen molar-refractivity contribution < 1.29 is 8.78 Å². The lowest BCUT2D eigenvalue weighted by molar-refractivity contribution is 0.116. The lowest BCUT2D eigenvalue weighted by atomic mass is 9.91. The fourth-order valence-electron chi connectivity index (χ4n) is 3.25. The van der Waals surface area contributed by atoms with Gasteiger partial charge in [0, 0.05) is 24.7 Å². The maximum absolute atomic E-state index is 13.7. The maximum Gasteiger partial charge on any atom is 0.163 e. The van der Waals surface area contributed by atoms with Crippen LogP contribution < -0.4 is 5.32 Å². The zero-order valence-electron chi connectivity index (χ0n) is 10.3. The molecule has 0 amide bonds. The molecule has 2 saturated heterocycles. The van der Waals surface area contributed by atoms with E-state index < -0.39 is 11.6 Å². The van der Waals surface area contributed by atoms with Gasteiger partial charge in [-0.05, 0) is 37.9 Å². The Bertz CT molecular complexity index is 436. The summed E-state index contributed by atoms with van der Waals surface area (Å²) < 4.78 is 26.9. The molecule has 0 radical (unpaired) electrons. The second-order valence-electron chi connectivity index (χ2n) is 5.31. The SMILES string of the molecule is Fc1cccc(CN2CCCC3CNCC32)c1F. The third-order valence-corrected chi connectivity index (χ3v) is 4.20. The minimum Gasteiger partial charge on any atom is -0.315 e. The highest BCUT2D eigenvalue weighted by atomic mass is 19.2. The summed E-state index contributed by atoms with van der Waals surface area (Å²) in [5.41, 5.74) is 0.475. The van der Waals surface area contributed by atoms with Crippen molar-refractivity contribution in [3.63, 3.8) is 0 Å². The van der Waals surface area contributed by atoms with Crippen LogP contribution in [0.5, 0.6) is 0 Å². The van der Waals surface area contributed by atoms with Crippen LogP contribution in [0.1, 0.15) is 18.4 Å². The van der Waals surface area contributed by atoms with Crippen molar-refractivity contribution in [2.45, 2.75) is 25.4 Å². The number of hydrogen-bond acceptors (Lipinski definition) is 2. The number of likely N-dealkylation sites (tertiary alicyclic amines) is 1. The van der Waals surface area contributed by atoms with Crippen molar-refractivity contribution in [3.8, 4) is 0 Å². The van der Waals surface area contributed by atoms with Gasteiger partial charge in [0.05, 0.1) is 0 Å². The highest BCUT2D eigenvalue weighted by molar-refractivity contribution is 5.19. The molecule has 0 spiro atoms. The average Bonchev–Trinajstić information content (AvgIpc) is 2.84. The van der Waals surface area contributed by atoms with Gasteiger partial charge >= 0.3 is 0 Å². The van der Waals surface area contributed by atoms with Crippen LogP contribution in [0.2, 0.25) is 0 Å². The van der Waals surface area contributed by atoms with Gasteiger partial charge < -0.3 is 5.32 Å². The van der Waals surface area contributed by atoms with Crippen LogP contribution >= 0.6 is 0 Å². The molecule has 0 aromatic heterocycles. The van der Waals surface area contributed by atoms with Gasteiger partial charge in [-0.15, -0.1) is 0 Å². The quantitative estimate of drug-likeness (QED) is 0.867. The third-order valence-electron chi connectivity index (χ3n) is 4.20. The Morgan fingerprint density at radius 3 is 3.06 bits per heavy atom. The summed E-state index contributed by atoms with van der Waals surface area (Å²) in [5.74, 6) is -0.758. The molecule has 2 unspecified atom stereocenters. The molecule has 98 valence electrons. The zero-order valence-corrected chi connectivity index (χ0v) is 10.3. The van der Waals surface area contributed by atoms with Crippen LogP contribution in [0, 0.1) is 17.6 Å². The van der Waals surface area contributed by atoms with Gasteiger partial charge in [-0.1, -0.05) is 12.1 Å². The Kier molecular flexibility index (Phi) is 3.31. The largest absolute Gasteiger partial charge is 0.315 e. The van der Waals surface area contributed by atoms with Crippen LogP contribution in [-0.4, -0.2) is 30.6 Å². The van der Waals surface area contributed by atoms with E-state index >= 15 is 0 Å². The van der Waals surface area contributed by atoms with E-state index in [1.807, 2.05) is 0 Å². The van der Waals surface area contributed by atoms with Gasteiger partial charge in [-0.2, -0.15) is 0 Å². The standard InChI is InChI=1S/C14H18F2N2/c15-12-5-1-3-11(14(12)16)9-18-6-2-4-10-7-17-8-13(10)18/h1,3,5,10,13,17H,2,4,6-9H2. The topological polar surface area (TPSA) is 15.3 Å². The molecular weight excluding hydrogens is 234 g/mol. The minimum atomic E-state index is -0.745. The third kappa shape index (κ3) is 2.15. The molecule has 2 aliphatic rings. The van der Waals surface area contributed by atoms with Gasteiger partial charge in [0.2, 0.25) is 0 Å². The summed E-state index contributed by atoms with van der Waals surface area (Å²) in [6.45, 7) is 3.54. The Hall–Kier alpha value is -1.00. The maximum atomic E-state index is 13.7. The van der Waals surface area contributed by atoms with Crippen LogP contribution in [0.25, 0.3) is 0 Å². The average molecular weight is 252 g/mol. The van der Waals surface area contributed by atoms with Crippen molar-refractivity contribution >= 4 is 0 Å². The Labute approximate surface area is 106 Å². The molecule has 18 heavy (non-hydrogen) atoms. The van der Waals surface area contributed by atoms with Gasteiger partial charge in [0.25, 0.3) is 0 Å². The van der Waals surface area contributed by atoms with Gasteiger partial charge in [-0.3, -0.25) is 4.90 Å². The second-order valence-corrected chi connectivity index (χ2v) is 5.31. The summed E-state index contributed by atoms with van der Waals surface area (Å²) in [6.07, 6.45) is 2.40. The van der Waals surface area contributed by atoms with Crippen LogP contribution in [0.4, 0.5) is 8.78 Å². The molecule has 4 heteroatoms. The Morgan fingerprint density at radius 2 is 2.17 bits per heavy atom. The lowest BCUT2D eigenvalue weighted by Gasteiger charge is -2.37. The monoisotopic (exact) mass is 252 g/mol. The first-order valence-corrected chi connectivity index (χ1v) is 6.63. The fourth-order valence-corrected chi connectivity index (χ4v) is 3.25. The van der Waals surface area contributed by atoms with E-state index in [0.717, 1.165) is 26.1 Å². The molecule has 1 aromatic rings. The lowest BCUT2D eigenvalue weighted by Crippen LogP contribution is -2.44. The summed E-state index contributed by atoms with van der Waals surface area (Å²) in [4.78, 5) is 2.30. The Morgan fingerprint density at radius 1 is 1.28 bits per heavy atom. The summed E-state index contributed by atoms with van der Waals surface area (Å²) in [6, 6.07) is 4.93. The molecule has 2 heterocycles. The molecule has 2 aliphatic heterocycles. The van der Waals surface area contributed by atoms with Crippen LogP contribution in [0.15, 0.2) is 18.2 Å². The molecule has 3 rings (SSSR count). The molecular formula is C14H18F2N2. The van der Waals surface area contributed by atoms with Crippen molar-refractivity contribution in [2.24, 2.45) is 5.92 Å². The highest BCUT2D eigenvalue weighted by Gasteiger charge is 2.35. The summed E-state index contributed by atoms with van der Waals surface area (Å²) >= 11 is 0. The first-order valence-electron chi connectivity index (χ1n) is 6.63. The molecule has 0 saturated carbocycles. The van der Waals surface area contributed by atoms with E-state index in [4.69, 9.17) is 0 Å². The van der Waals surface area contributed by atoms with E-state index in [1.54, 1.807) is 12.1 Å². The van der Waals surface area contributed by atoms with E-state index in [0.29, 0.717) is 24.1 Å². The predicted molar refractivity (Wildman–Crippen MR) is 66.1 cm³/mol. The number of halogens is 2. The van der Waals surface area contributed by atoms with E-state index in [1.165, 1.54) is 12.5 Å². The summed E-state index contributed by atoms with van der Waals surface area (Å²) in [7, 11) is 0. The fraction of sp³-hybridized carbons (Fsp3) is 0.571. The number of hydrogen-bond donors (Lipinski definition) is 1. The number of nitrogens with zero attached hydrogens (tertiary/aromatic N) is 1. The second kappa shape index (κ2) is 4.94. The summed E-state index contributed by atoms with van der Waals surface area (Å²) in [5, 5.41) is 3.40. The van der Waals surface area contributed by atoms with Crippen molar-refractivity contribution in [1.29, 1.82) is 0 Å². The number of nitrogens with one attached hydrogen (secondary N) is 1. The molecule has 2 atom stereocenters. The predicted octanol–water partition coefficient (Wildman–Crippen LogP) is 2.15. The van der Waals surface area contributed by atoms with Gasteiger partial charge in [0.1, 0.15) is 0 Å². The smallest absolute Gasteiger partial charge is 0.163 e. The number of piperidine rings is 1. The number of benzene rings is 1. The number of rotatable bonds is 2. The number of fused-ring (bicyclic) bond motifs is 1. The van der Waals surface area contributed by atoms with Crippen molar-refractivity contribution in [1.82, 2.24) is 10.2 Å². The molecule has 0 aliphatic carbocycles. The normalized spacial score (nSPS) is 28.3. The van der Waals surface area contributed by atoms with E-state index in [2.05, 4.69) is 10.2 Å². The molecule has 2 nitrogen and oxygen atoms in total. The highest BCUT2D eigenvalue weighted by Crippen LogP contribution is 2.28. The van der Waals surface area contributed by atoms with E-state index in [-0.39, 0.29) is 0 Å². The molecule has 1 N–H and O–H groups in total. The van der Waals surface area contributed by atoms with Crippen LogP contribution in [-0.2, 0) is 6.54 Å². The first-order chi connectivity index (χ1) is 8.75. The first kappa shape index (κ1) is 12.1. The molecule has 1 aromatic carbocycles. The minimum absolute atomic E-state index is 0.475. The van der Waals surface area contributed by atoms with Gasteiger partial charge in [-0.25, -0.2) is 8.78 Å². The zero-order chi connectivity index (χ0) is 12.5. The van der Waals surface area contributed by atoms with E-state index in [9.17, 15) is 8.78 Å².